The van der Waals surface area contributed by atoms with Crippen molar-refractivity contribution in [1.29, 1.82) is 0 Å². The summed E-state index contributed by atoms with van der Waals surface area (Å²) in [5, 5.41) is 3.60. The molecule has 26 heavy (non-hydrogen) atoms. The summed E-state index contributed by atoms with van der Waals surface area (Å²) in [5.41, 5.74) is 7.85. The molecule has 0 radical (unpaired) electrons. The molecule has 0 aliphatic heterocycles. The first-order valence-corrected chi connectivity index (χ1v) is 8.97. The van der Waals surface area contributed by atoms with Crippen LogP contribution in [0.2, 0.25) is 5.02 Å². The molecule has 0 spiro atoms. The minimum Gasteiger partial charge on any atom is -0.489 e. The standard InChI is InChI=1S/C20H23ClN2O2.ClH/c21-18-7-2-1-5-16(18)13-25-17-6-3-4-14(10-17)11-20(24)23-12-19(22)15-8-9-15;/h1-7,10,15,19H,8-9,11-13,22H2,(H,23,24);1H. The van der Waals surface area contributed by atoms with E-state index >= 15 is 0 Å². The lowest BCUT2D eigenvalue weighted by molar-refractivity contribution is -0.120. The number of carbonyl (C=O) groups is 1. The number of halogens is 2. The van der Waals surface area contributed by atoms with Crippen molar-refractivity contribution in [1.82, 2.24) is 5.32 Å². The summed E-state index contributed by atoms with van der Waals surface area (Å²) in [6, 6.07) is 15.2. The van der Waals surface area contributed by atoms with Gasteiger partial charge in [-0.3, -0.25) is 4.79 Å². The van der Waals surface area contributed by atoms with E-state index in [2.05, 4.69) is 5.32 Å². The zero-order valence-corrected chi connectivity index (χ0v) is 16.1. The molecule has 0 heterocycles. The Kier molecular flexibility index (Phi) is 7.76. The molecule has 6 heteroatoms. The first-order valence-electron chi connectivity index (χ1n) is 8.59. The van der Waals surface area contributed by atoms with Gasteiger partial charge in [-0.25, -0.2) is 0 Å². The number of nitrogens with one attached hydrogen (secondary N) is 1. The molecule has 1 unspecified atom stereocenters. The molecule has 1 fully saturated rings. The second-order valence-electron chi connectivity index (χ2n) is 6.51. The van der Waals surface area contributed by atoms with Crippen LogP contribution in [0, 0.1) is 5.92 Å². The second kappa shape index (κ2) is 9.81. The third kappa shape index (κ3) is 6.20. The fourth-order valence-electron chi connectivity index (χ4n) is 2.69. The minimum absolute atomic E-state index is 0. The zero-order chi connectivity index (χ0) is 17.6. The van der Waals surface area contributed by atoms with E-state index in [0.717, 1.165) is 16.9 Å². The first kappa shape index (κ1) is 20.6. The van der Waals surface area contributed by atoms with Crippen molar-refractivity contribution in [2.24, 2.45) is 11.7 Å². The van der Waals surface area contributed by atoms with E-state index in [4.69, 9.17) is 22.1 Å². The van der Waals surface area contributed by atoms with E-state index in [-0.39, 0.29) is 24.4 Å². The summed E-state index contributed by atoms with van der Waals surface area (Å²) < 4.78 is 5.80. The number of ether oxygens (including phenoxy) is 1. The summed E-state index contributed by atoms with van der Waals surface area (Å²) in [7, 11) is 0. The van der Waals surface area contributed by atoms with Crippen LogP contribution in [0.5, 0.6) is 5.75 Å². The molecule has 1 saturated carbocycles. The van der Waals surface area contributed by atoms with E-state index in [0.29, 0.717) is 30.5 Å². The van der Waals surface area contributed by atoms with Gasteiger partial charge in [0.2, 0.25) is 5.91 Å². The molecule has 3 N–H and O–H groups in total. The number of rotatable bonds is 8. The van der Waals surface area contributed by atoms with Crippen LogP contribution in [0.25, 0.3) is 0 Å². The highest BCUT2D eigenvalue weighted by Crippen LogP contribution is 2.31. The summed E-state index contributed by atoms with van der Waals surface area (Å²) in [6.45, 7) is 0.942. The molecule has 2 aromatic rings. The molecule has 1 aliphatic carbocycles. The molecule has 140 valence electrons. The predicted octanol–water partition coefficient (Wildman–Crippen LogP) is 3.74. The monoisotopic (exact) mass is 394 g/mol. The Morgan fingerprint density at radius 2 is 2.00 bits per heavy atom. The quantitative estimate of drug-likeness (QED) is 0.716. The third-order valence-electron chi connectivity index (χ3n) is 4.38. The normalized spacial score (nSPS) is 14.2. The molecular formula is C20H24Cl2N2O2. The van der Waals surface area contributed by atoms with E-state index in [1.165, 1.54) is 12.8 Å². The van der Waals surface area contributed by atoms with Gasteiger partial charge < -0.3 is 15.8 Å². The molecule has 1 aliphatic rings. The van der Waals surface area contributed by atoms with Gasteiger partial charge in [-0.1, -0.05) is 41.9 Å². The van der Waals surface area contributed by atoms with Crippen LogP contribution < -0.4 is 15.8 Å². The zero-order valence-electron chi connectivity index (χ0n) is 14.5. The Hall–Kier alpha value is -1.75. The average Bonchev–Trinajstić information content (AvgIpc) is 3.44. The Bertz CT molecular complexity index is 735. The minimum atomic E-state index is -0.0145. The van der Waals surface area contributed by atoms with Crippen molar-refractivity contribution >= 4 is 29.9 Å². The number of carbonyl (C=O) groups excluding carboxylic acids is 1. The highest BCUT2D eigenvalue weighted by atomic mass is 35.5. The largest absolute Gasteiger partial charge is 0.489 e. The number of benzene rings is 2. The van der Waals surface area contributed by atoms with Crippen molar-refractivity contribution in [3.05, 3.63) is 64.7 Å². The maximum atomic E-state index is 12.1. The Balaban J connectivity index is 0.00000243. The summed E-state index contributed by atoms with van der Waals surface area (Å²) in [5.74, 6) is 1.29. The lowest BCUT2D eigenvalue weighted by Crippen LogP contribution is -2.39. The van der Waals surface area contributed by atoms with Crippen LogP contribution in [-0.2, 0) is 17.8 Å². The van der Waals surface area contributed by atoms with E-state index in [9.17, 15) is 4.79 Å². The van der Waals surface area contributed by atoms with E-state index < -0.39 is 0 Å². The van der Waals surface area contributed by atoms with Crippen LogP contribution in [0.3, 0.4) is 0 Å². The SMILES string of the molecule is Cl.NC(CNC(=O)Cc1cccc(OCc2ccccc2Cl)c1)C1CC1. The number of nitrogens with two attached hydrogens (primary N) is 1. The van der Waals surface area contributed by atoms with Crippen molar-refractivity contribution in [3.63, 3.8) is 0 Å². The Morgan fingerprint density at radius 1 is 1.23 bits per heavy atom. The summed E-state index contributed by atoms with van der Waals surface area (Å²) in [6.07, 6.45) is 2.68. The van der Waals surface area contributed by atoms with Crippen LogP contribution in [-0.4, -0.2) is 18.5 Å². The van der Waals surface area contributed by atoms with Crippen molar-refractivity contribution < 1.29 is 9.53 Å². The van der Waals surface area contributed by atoms with Gasteiger partial charge in [-0.15, -0.1) is 12.4 Å². The average molecular weight is 395 g/mol. The van der Waals surface area contributed by atoms with Crippen LogP contribution in [0.1, 0.15) is 24.0 Å². The van der Waals surface area contributed by atoms with Gasteiger partial charge in [0.1, 0.15) is 12.4 Å². The fraction of sp³-hybridized carbons (Fsp3) is 0.350. The van der Waals surface area contributed by atoms with Crippen molar-refractivity contribution in [3.8, 4) is 5.75 Å². The smallest absolute Gasteiger partial charge is 0.224 e. The van der Waals surface area contributed by atoms with E-state index in [1.54, 1.807) is 0 Å². The third-order valence-corrected chi connectivity index (χ3v) is 4.75. The number of amides is 1. The molecule has 0 aromatic heterocycles. The second-order valence-corrected chi connectivity index (χ2v) is 6.92. The summed E-state index contributed by atoms with van der Waals surface area (Å²) >= 11 is 6.13. The van der Waals surface area contributed by atoms with Gasteiger partial charge in [0.25, 0.3) is 0 Å². The predicted molar refractivity (Wildman–Crippen MR) is 107 cm³/mol. The van der Waals surface area contributed by atoms with Gasteiger partial charge in [0.15, 0.2) is 0 Å². The first-order chi connectivity index (χ1) is 12.1. The number of hydrogen-bond acceptors (Lipinski definition) is 3. The molecule has 0 saturated heterocycles. The molecule has 1 amide bonds. The highest BCUT2D eigenvalue weighted by Gasteiger charge is 2.28. The molecule has 0 bridgehead atoms. The fourth-order valence-corrected chi connectivity index (χ4v) is 2.88. The highest BCUT2D eigenvalue weighted by molar-refractivity contribution is 6.31. The molecule has 3 rings (SSSR count). The lowest BCUT2D eigenvalue weighted by Gasteiger charge is -2.12. The maximum absolute atomic E-state index is 12.1. The van der Waals surface area contributed by atoms with Gasteiger partial charge in [0, 0.05) is 23.2 Å². The molecule has 4 nitrogen and oxygen atoms in total. The van der Waals surface area contributed by atoms with Crippen molar-refractivity contribution in [2.75, 3.05) is 6.54 Å². The van der Waals surface area contributed by atoms with Crippen LogP contribution >= 0.6 is 24.0 Å². The van der Waals surface area contributed by atoms with Crippen LogP contribution in [0.4, 0.5) is 0 Å². The molecule has 2 aromatic carbocycles. The van der Waals surface area contributed by atoms with Crippen LogP contribution in [0.15, 0.2) is 48.5 Å². The molecular weight excluding hydrogens is 371 g/mol. The maximum Gasteiger partial charge on any atom is 0.224 e. The molecule has 1 atom stereocenters. The number of hydrogen-bond donors (Lipinski definition) is 2. The van der Waals surface area contributed by atoms with Gasteiger partial charge in [0.05, 0.1) is 6.42 Å². The van der Waals surface area contributed by atoms with Crippen molar-refractivity contribution in [2.45, 2.75) is 31.9 Å². The van der Waals surface area contributed by atoms with Gasteiger partial charge >= 0.3 is 0 Å². The Labute approximate surface area is 165 Å². The summed E-state index contributed by atoms with van der Waals surface area (Å²) in [4.78, 5) is 12.1. The van der Waals surface area contributed by atoms with Gasteiger partial charge in [-0.2, -0.15) is 0 Å². The topological polar surface area (TPSA) is 64.3 Å². The van der Waals surface area contributed by atoms with Gasteiger partial charge in [-0.05, 0) is 42.5 Å². The lowest BCUT2D eigenvalue weighted by atomic mass is 10.1. The van der Waals surface area contributed by atoms with E-state index in [1.807, 2.05) is 48.5 Å². The Morgan fingerprint density at radius 3 is 2.73 bits per heavy atom.